The fraction of sp³-hybridized carbons (Fsp3) is 0.933. The molecular weight excluding hydrogens is 226 g/mol. The average Bonchev–Trinajstić information content (AvgIpc) is 3.09. The molecular formula is C15H27NO2. The van der Waals surface area contributed by atoms with E-state index in [4.69, 9.17) is 4.74 Å². The molecule has 0 aromatic heterocycles. The summed E-state index contributed by atoms with van der Waals surface area (Å²) in [5.74, 6) is 1.97. The van der Waals surface area contributed by atoms with Gasteiger partial charge in [0.25, 0.3) is 0 Å². The minimum absolute atomic E-state index is 0.0240. The molecule has 1 N–H and O–H groups in total. The Morgan fingerprint density at radius 2 is 1.89 bits per heavy atom. The van der Waals surface area contributed by atoms with E-state index in [-0.39, 0.29) is 5.97 Å². The van der Waals surface area contributed by atoms with Crippen LogP contribution in [0.15, 0.2) is 0 Å². The standard InChI is InChI=1S/C15H27NO2/c1-4-18-14(17)15(16-10-13-5-6-13)8-11(2)7-12(3)9-15/h11-13,16H,4-10H2,1-3H3. The third kappa shape index (κ3) is 3.25. The lowest BCUT2D eigenvalue weighted by Gasteiger charge is -2.41. The summed E-state index contributed by atoms with van der Waals surface area (Å²) in [6.07, 6.45) is 5.73. The molecule has 0 saturated heterocycles. The van der Waals surface area contributed by atoms with Crippen molar-refractivity contribution in [3.05, 3.63) is 0 Å². The molecule has 2 fully saturated rings. The SMILES string of the molecule is CCOC(=O)C1(NCC2CC2)CC(C)CC(C)C1. The second-order valence-corrected chi connectivity index (χ2v) is 6.48. The van der Waals surface area contributed by atoms with E-state index < -0.39 is 5.54 Å². The van der Waals surface area contributed by atoms with Crippen LogP contribution in [0.25, 0.3) is 0 Å². The van der Waals surface area contributed by atoms with Crippen molar-refractivity contribution in [1.82, 2.24) is 5.32 Å². The first kappa shape index (κ1) is 13.9. The minimum atomic E-state index is -0.407. The van der Waals surface area contributed by atoms with Gasteiger partial charge in [0.2, 0.25) is 0 Å². The minimum Gasteiger partial charge on any atom is -0.465 e. The summed E-state index contributed by atoms with van der Waals surface area (Å²) in [4.78, 5) is 12.4. The molecule has 2 rings (SSSR count). The quantitative estimate of drug-likeness (QED) is 0.766. The Morgan fingerprint density at radius 3 is 2.39 bits per heavy atom. The molecule has 3 nitrogen and oxygen atoms in total. The molecule has 18 heavy (non-hydrogen) atoms. The smallest absolute Gasteiger partial charge is 0.326 e. The molecule has 2 atom stereocenters. The van der Waals surface area contributed by atoms with Gasteiger partial charge in [-0.3, -0.25) is 4.79 Å². The number of nitrogens with one attached hydrogen (secondary N) is 1. The van der Waals surface area contributed by atoms with Crippen molar-refractivity contribution in [3.8, 4) is 0 Å². The van der Waals surface area contributed by atoms with Gasteiger partial charge < -0.3 is 10.1 Å². The van der Waals surface area contributed by atoms with E-state index in [0.717, 1.165) is 25.3 Å². The van der Waals surface area contributed by atoms with Crippen LogP contribution in [0.2, 0.25) is 0 Å². The molecule has 0 aromatic carbocycles. The van der Waals surface area contributed by atoms with Gasteiger partial charge in [-0.15, -0.1) is 0 Å². The zero-order chi connectivity index (χ0) is 13.2. The number of hydrogen-bond donors (Lipinski definition) is 1. The zero-order valence-electron chi connectivity index (χ0n) is 12.0. The van der Waals surface area contributed by atoms with Crippen molar-refractivity contribution in [2.45, 2.75) is 58.4 Å². The third-order valence-corrected chi connectivity index (χ3v) is 4.29. The number of carbonyl (C=O) groups is 1. The number of carbonyl (C=O) groups excluding carboxylic acids is 1. The van der Waals surface area contributed by atoms with Gasteiger partial charge >= 0.3 is 5.97 Å². The van der Waals surface area contributed by atoms with Crippen LogP contribution in [-0.2, 0) is 9.53 Å². The fourth-order valence-corrected chi connectivity index (χ4v) is 3.44. The summed E-state index contributed by atoms with van der Waals surface area (Å²) in [5.41, 5.74) is -0.407. The zero-order valence-corrected chi connectivity index (χ0v) is 12.0. The lowest BCUT2D eigenvalue weighted by molar-refractivity contribution is -0.154. The van der Waals surface area contributed by atoms with Gasteiger partial charge in [0.15, 0.2) is 0 Å². The van der Waals surface area contributed by atoms with Crippen LogP contribution in [0.5, 0.6) is 0 Å². The predicted octanol–water partition coefficient (Wildman–Crippen LogP) is 2.74. The molecule has 2 saturated carbocycles. The van der Waals surface area contributed by atoms with Crippen molar-refractivity contribution in [2.24, 2.45) is 17.8 Å². The maximum absolute atomic E-state index is 12.4. The topological polar surface area (TPSA) is 38.3 Å². The number of esters is 1. The fourth-order valence-electron chi connectivity index (χ4n) is 3.44. The van der Waals surface area contributed by atoms with E-state index >= 15 is 0 Å². The van der Waals surface area contributed by atoms with E-state index in [2.05, 4.69) is 19.2 Å². The summed E-state index contributed by atoms with van der Waals surface area (Å²) in [6, 6.07) is 0. The first-order valence-electron chi connectivity index (χ1n) is 7.48. The van der Waals surface area contributed by atoms with Gasteiger partial charge in [-0.05, 0) is 63.3 Å². The van der Waals surface area contributed by atoms with Crippen LogP contribution in [0.3, 0.4) is 0 Å². The first-order chi connectivity index (χ1) is 8.55. The van der Waals surface area contributed by atoms with Crippen molar-refractivity contribution in [1.29, 1.82) is 0 Å². The Labute approximate surface area is 111 Å². The van der Waals surface area contributed by atoms with Gasteiger partial charge in [-0.2, -0.15) is 0 Å². The van der Waals surface area contributed by atoms with Crippen molar-refractivity contribution >= 4 is 5.97 Å². The lowest BCUT2D eigenvalue weighted by atomic mass is 9.71. The summed E-state index contributed by atoms with van der Waals surface area (Å²) in [6.45, 7) is 7.86. The highest BCUT2D eigenvalue weighted by Crippen LogP contribution is 2.38. The highest BCUT2D eigenvalue weighted by Gasteiger charge is 2.45. The summed E-state index contributed by atoms with van der Waals surface area (Å²) < 4.78 is 5.33. The van der Waals surface area contributed by atoms with Crippen LogP contribution in [0.1, 0.15) is 52.9 Å². The van der Waals surface area contributed by atoms with E-state index in [1.54, 1.807) is 0 Å². The molecule has 0 aliphatic heterocycles. The highest BCUT2D eigenvalue weighted by atomic mass is 16.5. The lowest BCUT2D eigenvalue weighted by Crippen LogP contribution is -2.57. The van der Waals surface area contributed by atoms with Crippen LogP contribution in [0, 0.1) is 17.8 Å². The van der Waals surface area contributed by atoms with E-state index in [0.29, 0.717) is 18.4 Å². The molecule has 3 heteroatoms. The maximum Gasteiger partial charge on any atom is 0.326 e. The van der Waals surface area contributed by atoms with Crippen LogP contribution < -0.4 is 5.32 Å². The van der Waals surface area contributed by atoms with Gasteiger partial charge in [-0.1, -0.05) is 13.8 Å². The molecule has 0 radical (unpaired) electrons. The molecule has 0 heterocycles. The van der Waals surface area contributed by atoms with E-state index in [1.165, 1.54) is 19.3 Å². The molecule has 104 valence electrons. The summed E-state index contributed by atoms with van der Waals surface area (Å²) >= 11 is 0. The first-order valence-corrected chi connectivity index (χ1v) is 7.48. The average molecular weight is 253 g/mol. The second kappa shape index (κ2) is 5.60. The Bertz CT molecular complexity index is 289. The maximum atomic E-state index is 12.4. The van der Waals surface area contributed by atoms with Crippen molar-refractivity contribution in [3.63, 3.8) is 0 Å². The Balaban J connectivity index is 2.06. The predicted molar refractivity (Wildman–Crippen MR) is 72.3 cm³/mol. The van der Waals surface area contributed by atoms with Crippen molar-refractivity contribution < 1.29 is 9.53 Å². The Morgan fingerprint density at radius 1 is 1.28 bits per heavy atom. The second-order valence-electron chi connectivity index (χ2n) is 6.48. The van der Waals surface area contributed by atoms with Gasteiger partial charge in [0.1, 0.15) is 5.54 Å². The summed E-state index contributed by atoms with van der Waals surface area (Å²) in [7, 11) is 0. The van der Waals surface area contributed by atoms with Crippen LogP contribution in [-0.4, -0.2) is 24.7 Å². The van der Waals surface area contributed by atoms with Crippen molar-refractivity contribution in [2.75, 3.05) is 13.2 Å². The van der Waals surface area contributed by atoms with Gasteiger partial charge in [0, 0.05) is 0 Å². The summed E-state index contributed by atoms with van der Waals surface area (Å²) in [5, 5.41) is 3.57. The Hall–Kier alpha value is -0.570. The molecule has 0 aromatic rings. The molecule has 0 bridgehead atoms. The number of ether oxygens (including phenoxy) is 1. The molecule has 2 aliphatic carbocycles. The third-order valence-electron chi connectivity index (χ3n) is 4.29. The molecule has 0 amide bonds. The van der Waals surface area contributed by atoms with Crippen LogP contribution in [0.4, 0.5) is 0 Å². The van der Waals surface area contributed by atoms with E-state index in [1.807, 2.05) is 6.92 Å². The normalized spacial score (nSPS) is 36.4. The number of rotatable bonds is 5. The van der Waals surface area contributed by atoms with E-state index in [9.17, 15) is 4.79 Å². The van der Waals surface area contributed by atoms with Crippen LogP contribution >= 0.6 is 0 Å². The molecule has 0 spiro atoms. The van der Waals surface area contributed by atoms with Gasteiger partial charge in [-0.25, -0.2) is 0 Å². The Kier molecular flexibility index (Phi) is 4.31. The largest absolute Gasteiger partial charge is 0.465 e. The molecule has 2 unspecified atom stereocenters. The number of hydrogen-bond acceptors (Lipinski definition) is 3. The monoisotopic (exact) mass is 253 g/mol. The molecule has 2 aliphatic rings. The van der Waals surface area contributed by atoms with Gasteiger partial charge in [0.05, 0.1) is 6.61 Å². The highest BCUT2D eigenvalue weighted by molar-refractivity contribution is 5.81.